The van der Waals surface area contributed by atoms with Crippen molar-refractivity contribution >= 4 is 21.9 Å². The Bertz CT molecular complexity index is 323. The van der Waals surface area contributed by atoms with E-state index in [1.165, 1.54) is 7.11 Å². The molecule has 1 atom stereocenters. The summed E-state index contributed by atoms with van der Waals surface area (Å²) in [5, 5.41) is 0. The largest absolute Gasteiger partial charge is 0.469 e. The van der Waals surface area contributed by atoms with Crippen molar-refractivity contribution in [3.8, 4) is 0 Å². The second-order valence-electron chi connectivity index (χ2n) is 3.04. The van der Waals surface area contributed by atoms with E-state index in [0.717, 1.165) is 16.5 Å². The van der Waals surface area contributed by atoms with Crippen LogP contribution in [-0.4, -0.2) is 13.1 Å². The van der Waals surface area contributed by atoms with Crippen LogP contribution in [0.4, 0.5) is 0 Å². The number of halogens is 1. The molecular formula is C11H13BrO2. The SMILES string of the molecule is CCC(C(=O)OC)c1cccc(Br)c1. The molecule has 0 spiro atoms. The van der Waals surface area contributed by atoms with Crippen LogP contribution in [0.1, 0.15) is 24.8 Å². The van der Waals surface area contributed by atoms with Crippen LogP contribution in [0.5, 0.6) is 0 Å². The number of hydrogen-bond acceptors (Lipinski definition) is 2. The number of carbonyl (C=O) groups excluding carboxylic acids is 1. The number of methoxy groups -OCH3 is 1. The van der Waals surface area contributed by atoms with Crippen LogP contribution in [0.25, 0.3) is 0 Å². The summed E-state index contributed by atoms with van der Waals surface area (Å²) in [4.78, 5) is 11.4. The molecule has 0 radical (unpaired) electrons. The summed E-state index contributed by atoms with van der Waals surface area (Å²) in [7, 11) is 1.42. The zero-order chi connectivity index (χ0) is 10.6. The Morgan fingerprint density at radius 3 is 2.79 bits per heavy atom. The minimum atomic E-state index is -0.175. The van der Waals surface area contributed by atoms with Crippen LogP contribution in [0.2, 0.25) is 0 Å². The maximum absolute atomic E-state index is 11.4. The van der Waals surface area contributed by atoms with Crippen molar-refractivity contribution < 1.29 is 9.53 Å². The number of rotatable bonds is 3. The van der Waals surface area contributed by atoms with E-state index in [1.54, 1.807) is 0 Å². The molecule has 0 aromatic heterocycles. The fourth-order valence-electron chi connectivity index (χ4n) is 1.40. The van der Waals surface area contributed by atoms with Crippen molar-refractivity contribution in [2.24, 2.45) is 0 Å². The summed E-state index contributed by atoms with van der Waals surface area (Å²) < 4.78 is 5.73. The van der Waals surface area contributed by atoms with Crippen LogP contribution in [-0.2, 0) is 9.53 Å². The first-order valence-electron chi connectivity index (χ1n) is 4.52. The first-order valence-corrected chi connectivity index (χ1v) is 5.31. The third kappa shape index (κ3) is 2.58. The van der Waals surface area contributed by atoms with Gasteiger partial charge < -0.3 is 4.74 Å². The molecule has 0 saturated heterocycles. The van der Waals surface area contributed by atoms with Crippen LogP contribution in [0.15, 0.2) is 28.7 Å². The van der Waals surface area contributed by atoms with Gasteiger partial charge in [-0.05, 0) is 24.1 Å². The number of hydrogen-bond donors (Lipinski definition) is 0. The molecular weight excluding hydrogens is 244 g/mol. The fourth-order valence-corrected chi connectivity index (χ4v) is 1.82. The molecule has 76 valence electrons. The third-order valence-corrected chi connectivity index (χ3v) is 2.64. The molecule has 0 saturated carbocycles. The maximum atomic E-state index is 11.4. The predicted octanol–water partition coefficient (Wildman–Crippen LogP) is 3.12. The zero-order valence-electron chi connectivity index (χ0n) is 8.29. The van der Waals surface area contributed by atoms with E-state index < -0.39 is 0 Å². The van der Waals surface area contributed by atoms with Gasteiger partial charge in [0.2, 0.25) is 0 Å². The van der Waals surface area contributed by atoms with E-state index in [4.69, 9.17) is 4.74 Å². The van der Waals surface area contributed by atoms with Crippen molar-refractivity contribution in [1.29, 1.82) is 0 Å². The standard InChI is InChI=1S/C11H13BrO2/c1-3-10(11(13)14-2)8-5-4-6-9(12)7-8/h4-7,10H,3H2,1-2H3. The highest BCUT2D eigenvalue weighted by Crippen LogP contribution is 2.23. The lowest BCUT2D eigenvalue weighted by molar-refractivity contribution is -0.142. The van der Waals surface area contributed by atoms with Gasteiger partial charge in [-0.1, -0.05) is 35.0 Å². The van der Waals surface area contributed by atoms with Crippen molar-refractivity contribution in [3.05, 3.63) is 34.3 Å². The fraction of sp³-hybridized carbons (Fsp3) is 0.364. The molecule has 0 aliphatic heterocycles. The molecule has 0 amide bonds. The van der Waals surface area contributed by atoms with E-state index >= 15 is 0 Å². The van der Waals surface area contributed by atoms with Gasteiger partial charge in [0.1, 0.15) is 0 Å². The Morgan fingerprint density at radius 1 is 1.57 bits per heavy atom. The lowest BCUT2D eigenvalue weighted by Gasteiger charge is -2.12. The zero-order valence-corrected chi connectivity index (χ0v) is 9.87. The van der Waals surface area contributed by atoms with Crippen LogP contribution in [0, 0.1) is 0 Å². The molecule has 1 aromatic carbocycles. The van der Waals surface area contributed by atoms with Gasteiger partial charge in [-0.2, -0.15) is 0 Å². The van der Waals surface area contributed by atoms with E-state index in [0.29, 0.717) is 0 Å². The second-order valence-corrected chi connectivity index (χ2v) is 3.95. The first-order chi connectivity index (χ1) is 6.69. The summed E-state index contributed by atoms with van der Waals surface area (Å²) in [6.45, 7) is 1.97. The molecule has 0 N–H and O–H groups in total. The van der Waals surface area contributed by atoms with E-state index in [1.807, 2.05) is 31.2 Å². The van der Waals surface area contributed by atoms with Crippen molar-refractivity contribution in [3.63, 3.8) is 0 Å². The lowest BCUT2D eigenvalue weighted by Crippen LogP contribution is -2.13. The molecule has 0 heterocycles. The van der Waals surface area contributed by atoms with Gasteiger partial charge in [0.25, 0.3) is 0 Å². The van der Waals surface area contributed by atoms with E-state index in [9.17, 15) is 4.79 Å². The highest BCUT2D eigenvalue weighted by Gasteiger charge is 2.18. The van der Waals surface area contributed by atoms with Crippen LogP contribution < -0.4 is 0 Å². The molecule has 1 unspecified atom stereocenters. The average Bonchev–Trinajstić information content (AvgIpc) is 2.19. The second kappa shape index (κ2) is 5.15. The van der Waals surface area contributed by atoms with Gasteiger partial charge in [-0.3, -0.25) is 4.79 Å². The van der Waals surface area contributed by atoms with Crippen LogP contribution in [0.3, 0.4) is 0 Å². The molecule has 3 heteroatoms. The quantitative estimate of drug-likeness (QED) is 0.777. The topological polar surface area (TPSA) is 26.3 Å². The molecule has 0 bridgehead atoms. The summed E-state index contributed by atoms with van der Waals surface area (Å²) in [5.74, 6) is -0.330. The lowest BCUT2D eigenvalue weighted by atomic mass is 9.97. The van der Waals surface area contributed by atoms with Crippen molar-refractivity contribution in [2.45, 2.75) is 19.3 Å². The van der Waals surface area contributed by atoms with Gasteiger partial charge in [-0.15, -0.1) is 0 Å². The minimum Gasteiger partial charge on any atom is -0.469 e. The van der Waals surface area contributed by atoms with Gasteiger partial charge in [-0.25, -0.2) is 0 Å². The minimum absolute atomic E-state index is 0.155. The van der Waals surface area contributed by atoms with E-state index in [2.05, 4.69) is 15.9 Å². The predicted molar refractivity (Wildman–Crippen MR) is 59.2 cm³/mol. The summed E-state index contributed by atoms with van der Waals surface area (Å²) >= 11 is 3.38. The first kappa shape index (κ1) is 11.2. The Kier molecular flexibility index (Phi) is 4.14. The van der Waals surface area contributed by atoms with Crippen LogP contribution >= 0.6 is 15.9 Å². The molecule has 1 rings (SSSR count). The van der Waals surface area contributed by atoms with Gasteiger partial charge >= 0.3 is 5.97 Å². The maximum Gasteiger partial charge on any atom is 0.313 e. The average molecular weight is 257 g/mol. The molecule has 14 heavy (non-hydrogen) atoms. The monoisotopic (exact) mass is 256 g/mol. The van der Waals surface area contributed by atoms with Gasteiger partial charge in [0.15, 0.2) is 0 Å². The number of benzene rings is 1. The van der Waals surface area contributed by atoms with Gasteiger partial charge in [0, 0.05) is 4.47 Å². The Balaban J connectivity index is 2.94. The highest BCUT2D eigenvalue weighted by molar-refractivity contribution is 9.10. The summed E-state index contributed by atoms with van der Waals surface area (Å²) in [6, 6.07) is 7.75. The van der Waals surface area contributed by atoms with Gasteiger partial charge in [0.05, 0.1) is 13.0 Å². The molecule has 0 fully saturated rings. The molecule has 2 nitrogen and oxygen atoms in total. The number of carbonyl (C=O) groups is 1. The summed E-state index contributed by atoms with van der Waals surface area (Å²) in [6.07, 6.45) is 0.753. The highest BCUT2D eigenvalue weighted by atomic mass is 79.9. The Hall–Kier alpha value is -0.830. The normalized spacial score (nSPS) is 12.2. The van der Waals surface area contributed by atoms with E-state index in [-0.39, 0.29) is 11.9 Å². The molecule has 0 aliphatic rings. The van der Waals surface area contributed by atoms with Crippen molar-refractivity contribution in [2.75, 3.05) is 7.11 Å². The number of esters is 1. The number of ether oxygens (including phenoxy) is 1. The third-order valence-electron chi connectivity index (χ3n) is 2.14. The van der Waals surface area contributed by atoms with Crippen molar-refractivity contribution in [1.82, 2.24) is 0 Å². The molecule has 0 aliphatic carbocycles. The Labute approximate surface area is 92.4 Å². The smallest absolute Gasteiger partial charge is 0.313 e. The Morgan fingerprint density at radius 2 is 2.29 bits per heavy atom. The summed E-state index contributed by atoms with van der Waals surface area (Å²) in [5.41, 5.74) is 0.994. The molecule has 1 aromatic rings.